The molecule has 1 N–H and O–H groups in total. The molecule has 1 aromatic heterocycles. The number of aldehydes is 1. The van der Waals surface area contributed by atoms with Crippen molar-refractivity contribution in [2.75, 3.05) is 11.9 Å². The Hall–Kier alpha value is -3.00. The molecule has 0 atom stereocenters. The van der Waals surface area contributed by atoms with Gasteiger partial charge in [0, 0.05) is 10.4 Å². The summed E-state index contributed by atoms with van der Waals surface area (Å²) < 4.78 is 10.4. The van der Waals surface area contributed by atoms with Crippen molar-refractivity contribution in [1.29, 1.82) is 0 Å². The van der Waals surface area contributed by atoms with Crippen molar-refractivity contribution in [1.82, 2.24) is 0 Å². The summed E-state index contributed by atoms with van der Waals surface area (Å²) in [6.07, 6.45) is 4.07. The first-order valence-electron chi connectivity index (χ1n) is 9.76. The molecule has 0 saturated heterocycles. The predicted molar refractivity (Wildman–Crippen MR) is 112 cm³/mol. The van der Waals surface area contributed by atoms with Crippen LogP contribution in [-0.2, 0) is 27.1 Å². The van der Waals surface area contributed by atoms with Crippen LogP contribution < -0.4 is 5.32 Å². The Balaban J connectivity index is 1.68. The number of benzene rings is 1. The van der Waals surface area contributed by atoms with E-state index in [9.17, 15) is 19.2 Å². The van der Waals surface area contributed by atoms with E-state index in [1.807, 2.05) is 0 Å². The Morgan fingerprint density at radius 1 is 1.10 bits per heavy atom. The molecule has 1 amide bonds. The molecule has 0 fully saturated rings. The number of thiophene rings is 1. The maximum absolute atomic E-state index is 12.6. The Bertz CT molecular complexity index is 961. The molecule has 1 aromatic carbocycles. The van der Waals surface area contributed by atoms with Crippen LogP contribution in [0.1, 0.15) is 68.2 Å². The van der Waals surface area contributed by atoms with Gasteiger partial charge in [0.2, 0.25) is 0 Å². The lowest BCUT2D eigenvalue weighted by molar-refractivity contribution is -0.119. The molecule has 8 heteroatoms. The van der Waals surface area contributed by atoms with E-state index in [4.69, 9.17) is 9.47 Å². The zero-order chi connectivity index (χ0) is 21.7. The zero-order valence-electron chi connectivity index (χ0n) is 16.9. The van der Waals surface area contributed by atoms with Crippen molar-refractivity contribution >= 4 is 40.5 Å². The monoisotopic (exact) mass is 429 g/mol. The lowest BCUT2D eigenvalue weighted by Crippen LogP contribution is -2.22. The number of hydrogen-bond acceptors (Lipinski definition) is 7. The number of anilines is 1. The van der Waals surface area contributed by atoms with Gasteiger partial charge in [-0.25, -0.2) is 9.59 Å². The highest BCUT2D eigenvalue weighted by Gasteiger charge is 2.28. The van der Waals surface area contributed by atoms with Crippen LogP contribution in [0.15, 0.2) is 24.3 Å². The van der Waals surface area contributed by atoms with Crippen LogP contribution in [0.5, 0.6) is 0 Å². The van der Waals surface area contributed by atoms with Crippen molar-refractivity contribution in [2.45, 2.75) is 45.6 Å². The number of amides is 1. The van der Waals surface area contributed by atoms with Gasteiger partial charge in [-0.05, 0) is 57.2 Å². The minimum absolute atomic E-state index is 0.237. The first kappa shape index (κ1) is 21.7. The van der Waals surface area contributed by atoms with Crippen LogP contribution in [0, 0.1) is 0 Å². The number of carbonyl (C=O) groups excluding carboxylic acids is 4. The Morgan fingerprint density at radius 3 is 2.47 bits per heavy atom. The molecular formula is C22H23NO6S. The fourth-order valence-electron chi connectivity index (χ4n) is 3.22. The third kappa shape index (κ3) is 5.13. The van der Waals surface area contributed by atoms with Gasteiger partial charge in [0.15, 0.2) is 6.61 Å². The molecule has 7 nitrogen and oxygen atoms in total. The van der Waals surface area contributed by atoms with E-state index in [-0.39, 0.29) is 11.7 Å². The second-order valence-corrected chi connectivity index (χ2v) is 8.34. The van der Waals surface area contributed by atoms with Gasteiger partial charge in [0.1, 0.15) is 11.3 Å². The Labute approximate surface area is 178 Å². The number of ether oxygens (including phenoxy) is 2. The van der Waals surface area contributed by atoms with E-state index in [0.717, 1.165) is 36.1 Å². The highest BCUT2D eigenvalue weighted by atomic mass is 32.1. The van der Waals surface area contributed by atoms with E-state index in [1.165, 1.54) is 35.6 Å². The predicted octanol–water partition coefficient (Wildman–Crippen LogP) is 3.80. The lowest BCUT2D eigenvalue weighted by atomic mass is 9.95. The summed E-state index contributed by atoms with van der Waals surface area (Å²) in [4.78, 5) is 48.9. The second-order valence-electron chi connectivity index (χ2n) is 7.23. The van der Waals surface area contributed by atoms with Gasteiger partial charge >= 0.3 is 11.9 Å². The average Bonchev–Trinajstić information content (AvgIpc) is 3.09. The van der Waals surface area contributed by atoms with Gasteiger partial charge in [-0.1, -0.05) is 12.1 Å². The maximum Gasteiger partial charge on any atom is 0.341 e. The normalized spacial score (nSPS) is 12.8. The van der Waals surface area contributed by atoms with Gasteiger partial charge in [0.05, 0.1) is 17.2 Å². The van der Waals surface area contributed by atoms with E-state index in [1.54, 1.807) is 13.8 Å². The average molecular weight is 429 g/mol. The quantitative estimate of drug-likeness (QED) is 0.531. The third-order valence-electron chi connectivity index (χ3n) is 4.59. The van der Waals surface area contributed by atoms with Crippen LogP contribution >= 0.6 is 11.3 Å². The number of aryl methyl sites for hydroxylation is 1. The number of fused-ring (bicyclic) bond motifs is 1. The van der Waals surface area contributed by atoms with Crippen molar-refractivity contribution in [3.63, 3.8) is 0 Å². The summed E-state index contributed by atoms with van der Waals surface area (Å²) >= 11 is 1.37. The molecule has 158 valence electrons. The van der Waals surface area contributed by atoms with Crippen molar-refractivity contribution in [2.24, 2.45) is 0 Å². The standard InChI is InChI=1S/C22H23NO6S/c1-13(2)29-22(27)19-16-5-3-4-6-17(16)30-20(19)23-18(25)12-28-21(26)15-9-7-14(11-24)8-10-15/h7-11,13H,3-6,12H2,1-2H3,(H,23,25). The van der Waals surface area contributed by atoms with Crippen LogP contribution in [0.25, 0.3) is 0 Å². The van der Waals surface area contributed by atoms with Crippen LogP contribution in [0.4, 0.5) is 5.00 Å². The number of carbonyl (C=O) groups is 4. The fraction of sp³-hybridized carbons (Fsp3) is 0.364. The first-order chi connectivity index (χ1) is 14.4. The van der Waals surface area contributed by atoms with Gasteiger partial charge in [-0.2, -0.15) is 0 Å². The Morgan fingerprint density at radius 2 is 1.80 bits per heavy atom. The maximum atomic E-state index is 12.6. The summed E-state index contributed by atoms with van der Waals surface area (Å²) in [7, 11) is 0. The SMILES string of the molecule is CC(C)OC(=O)c1c(NC(=O)COC(=O)c2ccc(C=O)cc2)sc2c1CCCC2. The smallest absolute Gasteiger partial charge is 0.341 e. The summed E-state index contributed by atoms with van der Waals surface area (Å²) in [5, 5.41) is 3.14. The second kappa shape index (κ2) is 9.67. The van der Waals surface area contributed by atoms with Crippen molar-refractivity contribution in [3.8, 4) is 0 Å². The molecule has 0 unspecified atom stereocenters. The van der Waals surface area contributed by atoms with Crippen LogP contribution in [0.3, 0.4) is 0 Å². The molecule has 0 spiro atoms. The molecule has 0 radical (unpaired) electrons. The zero-order valence-corrected chi connectivity index (χ0v) is 17.7. The summed E-state index contributed by atoms with van der Waals surface area (Å²) in [6, 6.07) is 5.90. The van der Waals surface area contributed by atoms with Gasteiger partial charge in [-0.15, -0.1) is 11.3 Å². The van der Waals surface area contributed by atoms with Gasteiger partial charge in [-0.3, -0.25) is 9.59 Å². The van der Waals surface area contributed by atoms with Gasteiger partial charge in [0.25, 0.3) is 5.91 Å². The Kier molecular flexibility index (Phi) is 6.99. The molecule has 1 aliphatic carbocycles. The topological polar surface area (TPSA) is 98.8 Å². The minimum Gasteiger partial charge on any atom is -0.459 e. The van der Waals surface area contributed by atoms with Crippen LogP contribution in [0.2, 0.25) is 0 Å². The summed E-state index contributed by atoms with van der Waals surface area (Å²) in [5.41, 5.74) is 2.03. The number of hydrogen-bond donors (Lipinski definition) is 1. The molecule has 0 aliphatic heterocycles. The molecule has 1 aliphatic rings. The van der Waals surface area contributed by atoms with Crippen molar-refractivity contribution < 1.29 is 28.7 Å². The van der Waals surface area contributed by atoms with E-state index in [2.05, 4.69) is 5.32 Å². The van der Waals surface area contributed by atoms with Crippen molar-refractivity contribution in [3.05, 3.63) is 51.4 Å². The lowest BCUT2D eigenvalue weighted by Gasteiger charge is -2.14. The van der Waals surface area contributed by atoms with E-state index in [0.29, 0.717) is 22.4 Å². The fourth-order valence-corrected chi connectivity index (χ4v) is 4.51. The number of rotatable bonds is 7. The molecule has 0 saturated carbocycles. The molecule has 1 heterocycles. The molecule has 3 rings (SSSR count). The van der Waals surface area contributed by atoms with E-state index >= 15 is 0 Å². The number of nitrogens with one attached hydrogen (secondary N) is 1. The van der Waals surface area contributed by atoms with Gasteiger partial charge < -0.3 is 14.8 Å². The summed E-state index contributed by atoms with van der Waals surface area (Å²) in [6.45, 7) is 3.06. The van der Waals surface area contributed by atoms with E-state index < -0.39 is 24.5 Å². The highest BCUT2D eigenvalue weighted by Crippen LogP contribution is 2.38. The minimum atomic E-state index is -0.674. The molecule has 0 bridgehead atoms. The molecule has 2 aromatic rings. The largest absolute Gasteiger partial charge is 0.459 e. The molecule has 30 heavy (non-hydrogen) atoms. The highest BCUT2D eigenvalue weighted by molar-refractivity contribution is 7.17. The third-order valence-corrected chi connectivity index (χ3v) is 5.80. The van der Waals surface area contributed by atoms with Crippen LogP contribution in [-0.4, -0.2) is 36.8 Å². The summed E-state index contributed by atoms with van der Waals surface area (Å²) in [5.74, 6) is -1.66. The number of esters is 2. The molecular weight excluding hydrogens is 406 g/mol. The first-order valence-corrected chi connectivity index (χ1v) is 10.6.